The van der Waals surface area contributed by atoms with Gasteiger partial charge in [0.05, 0.1) is 6.42 Å². The van der Waals surface area contributed by atoms with Crippen LogP contribution in [0.1, 0.15) is 13.3 Å². The summed E-state index contributed by atoms with van der Waals surface area (Å²) in [7, 11) is 0. The van der Waals surface area contributed by atoms with Crippen molar-refractivity contribution in [1.29, 1.82) is 0 Å². The normalized spacial score (nSPS) is 11.3. The first-order chi connectivity index (χ1) is 7.40. The molecule has 0 saturated carbocycles. The number of aldehydes is 1. The minimum absolute atomic E-state index is 0.0515. The van der Waals surface area contributed by atoms with Gasteiger partial charge in [0.2, 0.25) is 0 Å². The second kappa shape index (κ2) is 6.49. The topological polar surface area (TPSA) is 97.7 Å². The van der Waals surface area contributed by atoms with E-state index in [1.807, 2.05) is 0 Å². The number of ether oxygens (including phenoxy) is 1. The van der Waals surface area contributed by atoms with Gasteiger partial charge in [0.1, 0.15) is 12.5 Å². The molecule has 0 aliphatic carbocycles. The summed E-state index contributed by atoms with van der Waals surface area (Å²) in [5.74, 6) is -4.56. The van der Waals surface area contributed by atoms with Gasteiger partial charge in [0.25, 0.3) is 0 Å². The third kappa shape index (κ3) is 4.50. The Kier molecular flexibility index (Phi) is 5.69. The van der Waals surface area contributed by atoms with Gasteiger partial charge in [-0.3, -0.25) is 19.2 Å². The Labute approximate surface area is 91.9 Å². The van der Waals surface area contributed by atoms with Gasteiger partial charge in [-0.15, -0.1) is 0 Å². The lowest BCUT2D eigenvalue weighted by atomic mass is 9.96. The molecule has 6 nitrogen and oxygen atoms in total. The quantitative estimate of drug-likeness (QED) is 0.284. The molecule has 0 fully saturated rings. The van der Waals surface area contributed by atoms with E-state index in [4.69, 9.17) is 5.11 Å². The van der Waals surface area contributed by atoms with E-state index in [0.717, 1.165) is 0 Å². The van der Waals surface area contributed by atoms with E-state index in [9.17, 15) is 19.2 Å². The number of aliphatic carboxylic acids is 1. The predicted octanol–water partition coefficient (Wildman–Crippen LogP) is -0.0354. The van der Waals surface area contributed by atoms with Crippen LogP contribution in [0.15, 0.2) is 12.2 Å². The number of allylic oxidation sites excluding steroid dienone is 1. The number of carboxylic acid groups (broad SMARTS) is 1. The van der Waals surface area contributed by atoms with E-state index in [0.29, 0.717) is 6.29 Å². The van der Waals surface area contributed by atoms with Crippen LogP contribution >= 0.6 is 0 Å². The number of Topliss-reactive ketones (excluding diaryl/α,β-unsaturated/α-hetero) is 1. The highest BCUT2D eigenvalue weighted by Gasteiger charge is 2.29. The molecule has 1 N–H and O–H groups in total. The standard InChI is InChI=1S/C10H12O6/c1-6(2)9(13)7(10(14)15)5-8(12)16-4-3-11/h3,7H,1,4-5H2,2H3,(H,14,15). The van der Waals surface area contributed by atoms with E-state index >= 15 is 0 Å². The maximum absolute atomic E-state index is 11.3. The number of hydrogen-bond acceptors (Lipinski definition) is 5. The molecule has 0 aromatic carbocycles. The number of ketones is 1. The summed E-state index contributed by atoms with van der Waals surface area (Å²) in [4.78, 5) is 43.0. The molecule has 1 atom stereocenters. The van der Waals surface area contributed by atoms with E-state index in [1.165, 1.54) is 6.92 Å². The molecule has 0 aromatic heterocycles. The van der Waals surface area contributed by atoms with Gasteiger partial charge in [-0.25, -0.2) is 0 Å². The zero-order chi connectivity index (χ0) is 12.7. The zero-order valence-corrected chi connectivity index (χ0v) is 8.76. The van der Waals surface area contributed by atoms with Crippen molar-refractivity contribution in [2.45, 2.75) is 13.3 Å². The van der Waals surface area contributed by atoms with Crippen LogP contribution in [-0.2, 0) is 23.9 Å². The fraction of sp³-hybridized carbons (Fsp3) is 0.400. The molecular weight excluding hydrogens is 216 g/mol. The van der Waals surface area contributed by atoms with Gasteiger partial charge in [-0.05, 0) is 12.5 Å². The Morgan fingerprint density at radius 1 is 1.44 bits per heavy atom. The summed E-state index contributed by atoms with van der Waals surface area (Å²) in [5.41, 5.74) is 0.0515. The molecule has 16 heavy (non-hydrogen) atoms. The van der Waals surface area contributed by atoms with Crippen LogP contribution in [0.5, 0.6) is 0 Å². The van der Waals surface area contributed by atoms with E-state index < -0.39 is 36.7 Å². The van der Waals surface area contributed by atoms with Gasteiger partial charge in [-0.1, -0.05) is 6.58 Å². The smallest absolute Gasteiger partial charge is 0.315 e. The highest BCUT2D eigenvalue weighted by atomic mass is 16.5. The highest BCUT2D eigenvalue weighted by Crippen LogP contribution is 2.11. The van der Waals surface area contributed by atoms with Gasteiger partial charge >= 0.3 is 11.9 Å². The first kappa shape index (κ1) is 14.0. The van der Waals surface area contributed by atoms with Crippen molar-refractivity contribution < 1.29 is 29.0 Å². The van der Waals surface area contributed by atoms with Crippen LogP contribution < -0.4 is 0 Å². The van der Waals surface area contributed by atoms with E-state index in [1.54, 1.807) is 0 Å². The van der Waals surface area contributed by atoms with Gasteiger partial charge in [0, 0.05) is 0 Å². The number of esters is 1. The third-order valence-corrected chi connectivity index (χ3v) is 1.72. The van der Waals surface area contributed by atoms with Crippen molar-refractivity contribution >= 4 is 24.0 Å². The molecule has 0 aliphatic rings. The number of rotatable bonds is 7. The minimum Gasteiger partial charge on any atom is -0.481 e. The maximum atomic E-state index is 11.3. The largest absolute Gasteiger partial charge is 0.481 e. The maximum Gasteiger partial charge on any atom is 0.315 e. The molecule has 0 heterocycles. The van der Waals surface area contributed by atoms with E-state index in [2.05, 4.69) is 11.3 Å². The average molecular weight is 228 g/mol. The summed E-state index contributed by atoms with van der Waals surface area (Å²) < 4.78 is 4.35. The van der Waals surface area contributed by atoms with Crippen molar-refractivity contribution in [1.82, 2.24) is 0 Å². The molecule has 1 unspecified atom stereocenters. The molecule has 0 aliphatic heterocycles. The van der Waals surface area contributed by atoms with Crippen molar-refractivity contribution in [3.8, 4) is 0 Å². The number of carbonyl (C=O) groups excluding carboxylic acids is 3. The average Bonchev–Trinajstić information content (AvgIpc) is 2.21. The zero-order valence-electron chi connectivity index (χ0n) is 8.76. The van der Waals surface area contributed by atoms with Crippen LogP contribution in [0.2, 0.25) is 0 Å². The molecule has 6 heteroatoms. The molecule has 0 aromatic rings. The molecule has 0 rings (SSSR count). The van der Waals surface area contributed by atoms with Crippen LogP contribution in [0.25, 0.3) is 0 Å². The van der Waals surface area contributed by atoms with Crippen LogP contribution in [0, 0.1) is 5.92 Å². The van der Waals surface area contributed by atoms with Gasteiger partial charge in [0.15, 0.2) is 12.1 Å². The van der Waals surface area contributed by atoms with Crippen molar-refractivity contribution in [3.63, 3.8) is 0 Å². The lowest BCUT2D eigenvalue weighted by Gasteiger charge is -2.09. The SMILES string of the molecule is C=C(C)C(=O)C(CC(=O)OCC=O)C(=O)O. The summed E-state index contributed by atoms with van der Waals surface area (Å²) in [6, 6.07) is 0. The summed E-state index contributed by atoms with van der Waals surface area (Å²) >= 11 is 0. The molecule has 0 spiro atoms. The molecular formula is C10H12O6. The fourth-order valence-electron chi connectivity index (χ4n) is 0.942. The Balaban J connectivity index is 4.52. The van der Waals surface area contributed by atoms with Gasteiger partial charge < -0.3 is 9.84 Å². The fourth-order valence-corrected chi connectivity index (χ4v) is 0.942. The van der Waals surface area contributed by atoms with Gasteiger partial charge in [-0.2, -0.15) is 0 Å². The van der Waals surface area contributed by atoms with Crippen molar-refractivity contribution in [3.05, 3.63) is 12.2 Å². The first-order valence-electron chi connectivity index (χ1n) is 4.42. The number of carboxylic acids is 1. The van der Waals surface area contributed by atoms with Crippen LogP contribution in [-0.4, -0.2) is 35.7 Å². The molecule has 0 radical (unpaired) electrons. The molecule has 0 saturated heterocycles. The predicted molar refractivity (Wildman–Crippen MR) is 52.6 cm³/mol. The monoisotopic (exact) mass is 228 g/mol. The number of carbonyl (C=O) groups is 4. The van der Waals surface area contributed by atoms with Crippen LogP contribution in [0.3, 0.4) is 0 Å². The van der Waals surface area contributed by atoms with Crippen molar-refractivity contribution in [2.24, 2.45) is 5.92 Å². The van der Waals surface area contributed by atoms with E-state index in [-0.39, 0.29) is 5.57 Å². The Bertz CT molecular complexity index is 330. The molecule has 88 valence electrons. The third-order valence-electron chi connectivity index (χ3n) is 1.72. The Hall–Kier alpha value is -1.98. The Morgan fingerprint density at radius 3 is 2.38 bits per heavy atom. The molecule has 0 bridgehead atoms. The molecule has 0 amide bonds. The lowest BCUT2D eigenvalue weighted by molar-refractivity contribution is -0.154. The highest BCUT2D eigenvalue weighted by molar-refractivity contribution is 6.08. The second-order valence-electron chi connectivity index (χ2n) is 3.09. The summed E-state index contributed by atoms with van der Waals surface area (Å²) in [6.07, 6.45) is -0.247. The summed E-state index contributed by atoms with van der Waals surface area (Å²) in [5, 5.41) is 8.73. The second-order valence-corrected chi connectivity index (χ2v) is 3.09. The number of hydrogen-bond donors (Lipinski definition) is 1. The van der Waals surface area contributed by atoms with Crippen molar-refractivity contribution in [2.75, 3.05) is 6.61 Å². The summed E-state index contributed by atoms with van der Waals surface area (Å²) in [6.45, 7) is 4.21. The first-order valence-corrected chi connectivity index (χ1v) is 4.42. The van der Waals surface area contributed by atoms with Crippen LogP contribution in [0.4, 0.5) is 0 Å². The lowest BCUT2D eigenvalue weighted by Crippen LogP contribution is -2.28. The minimum atomic E-state index is -1.50. The Morgan fingerprint density at radius 2 is 2.00 bits per heavy atom.